The zero-order chi connectivity index (χ0) is 22.8. The molecular weight excluding hydrogens is 478 g/mol. The van der Waals surface area contributed by atoms with Gasteiger partial charge in [-0.15, -0.1) is 0 Å². The molecule has 0 radical (unpaired) electrons. The summed E-state index contributed by atoms with van der Waals surface area (Å²) in [7, 11) is 0. The smallest absolute Gasteiger partial charge is 0.0406 e. The lowest BCUT2D eigenvalue weighted by atomic mass is 10.0. The molecule has 0 bridgehead atoms. The van der Waals surface area contributed by atoms with E-state index in [-0.39, 0.29) is 0 Å². The van der Waals surface area contributed by atoms with Gasteiger partial charge in [0.1, 0.15) is 0 Å². The van der Waals surface area contributed by atoms with Crippen LogP contribution in [0.2, 0.25) is 20.1 Å². The quantitative estimate of drug-likeness (QED) is 0.246. The molecule has 0 saturated heterocycles. The first-order chi connectivity index (χ1) is 15.5. The summed E-state index contributed by atoms with van der Waals surface area (Å²) >= 11 is 23.3. The Balaban J connectivity index is 0.000000181. The monoisotopic (exact) mass is 500 g/mol. The summed E-state index contributed by atoms with van der Waals surface area (Å²) in [6.45, 7) is 0. The molecule has 0 saturated carbocycles. The summed E-state index contributed by atoms with van der Waals surface area (Å²) in [6, 6.07) is 32.0. The van der Waals surface area contributed by atoms with E-state index in [2.05, 4.69) is 48.5 Å². The first-order valence-corrected chi connectivity index (χ1v) is 12.0. The van der Waals surface area contributed by atoms with Crippen molar-refractivity contribution in [3.05, 3.63) is 139 Å². The van der Waals surface area contributed by atoms with E-state index >= 15 is 0 Å². The number of hydrogen-bond donors (Lipinski definition) is 0. The molecule has 0 unspecified atom stereocenters. The van der Waals surface area contributed by atoms with E-state index in [0.717, 1.165) is 45.8 Å². The lowest BCUT2D eigenvalue weighted by Crippen LogP contribution is -1.90. The van der Waals surface area contributed by atoms with Crippen molar-refractivity contribution < 1.29 is 0 Å². The molecular formula is C28H24Cl4. The molecule has 0 aliphatic rings. The summed E-state index contributed by atoms with van der Waals surface area (Å²) in [4.78, 5) is 0. The Kier molecular flexibility index (Phi) is 9.96. The SMILES string of the molecule is Clc1ccc(CCc2ccc(Cl)cc2)cc1.Clc1ccc(CCc2ccc(Cl)cc2)cc1. The van der Waals surface area contributed by atoms with Gasteiger partial charge in [0.25, 0.3) is 0 Å². The van der Waals surface area contributed by atoms with Gasteiger partial charge in [-0.3, -0.25) is 0 Å². The van der Waals surface area contributed by atoms with E-state index in [1.807, 2.05) is 48.5 Å². The lowest BCUT2D eigenvalue weighted by molar-refractivity contribution is 0.960. The van der Waals surface area contributed by atoms with Crippen molar-refractivity contribution in [2.24, 2.45) is 0 Å². The second-order valence-electron chi connectivity index (χ2n) is 7.51. The van der Waals surface area contributed by atoms with Gasteiger partial charge in [-0.25, -0.2) is 0 Å². The molecule has 0 fully saturated rings. The molecule has 0 aliphatic heterocycles. The summed E-state index contributed by atoms with van der Waals surface area (Å²) < 4.78 is 0. The van der Waals surface area contributed by atoms with Crippen LogP contribution in [0.1, 0.15) is 22.3 Å². The molecule has 0 N–H and O–H groups in total. The average molecular weight is 502 g/mol. The van der Waals surface area contributed by atoms with Crippen LogP contribution in [0.15, 0.2) is 97.1 Å². The van der Waals surface area contributed by atoms with Crippen LogP contribution in [0.5, 0.6) is 0 Å². The third kappa shape index (κ3) is 8.88. The van der Waals surface area contributed by atoms with Crippen molar-refractivity contribution in [1.82, 2.24) is 0 Å². The molecule has 0 aliphatic carbocycles. The Hall–Kier alpha value is -1.96. The van der Waals surface area contributed by atoms with Crippen molar-refractivity contribution in [2.45, 2.75) is 25.7 Å². The minimum atomic E-state index is 0.787. The Morgan fingerprint density at radius 3 is 0.594 bits per heavy atom. The van der Waals surface area contributed by atoms with Gasteiger partial charge in [0, 0.05) is 20.1 Å². The van der Waals surface area contributed by atoms with Crippen LogP contribution in [0.25, 0.3) is 0 Å². The summed E-state index contributed by atoms with van der Waals surface area (Å²) in [5.74, 6) is 0. The van der Waals surface area contributed by atoms with Gasteiger partial charge in [-0.1, -0.05) is 94.9 Å². The summed E-state index contributed by atoms with van der Waals surface area (Å²) in [6.07, 6.45) is 4.11. The van der Waals surface area contributed by atoms with Gasteiger partial charge in [0.05, 0.1) is 0 Å². The highest BCUT2D eigenvalue weighted by molar-refractivity contribution is 6.31. The molecule has 4 rings (SSSR count). The average Bonchev–Trinajstić information content (AvgIpc) is 2.81. The maximum absolute atomic E-state index is 5.83. The fraction of sp³-hybridized carbons (Fsp3) is 0.143. The summed E-state index contributed by atoms with van der Waals surface area (Å²) in [5, 5.41) is 3.15. The second-order valence-corrected chi connectivity index (χ2v) is 9.25. The third-order valence-corrected chi connectivity index (χ3v) is 6.07. The van der Waals surface area contributed by atoms with Crippen LogP contribution >= 0.6 is 46.4 Å². The Labute approximate surface area is 210 Å². The Morgan fingerprint density at radius 2 is 0.438 bits per heavy atom. The number of benzene rings is 4. The van der Waals surface area contributed by atoms with Crippen molar-refractivity contribution in [3.63, 3.8) is 0 Å². The predicted octanol–water partition coefficient (Wildman–Crippen LogP) is 9.56. The van der Waals surface area contributed by atoms with Crippen molar-refractivity contribution in [3.8, 4) is 0 Å². The molecule has 0 amide bonds. The lowest BCUT2D eigenvalue weighted by Gasteiger charge is -2.02. The van der Waals surface area contributed by atoms with Gasteiger partial charge < -0.3 is 0 Å². The Bertz CT molecular complexity index is 886. The summed E-state index contributed by atoms with van der Waals surface area (Å²) in [5.41, 5.74) is 5.22. The molecule has 4 aromatic rings. The van der Waals surface area contributed by atoms with Crippen LogP contribution in [-0.2, 0) is 25.7 Å². The molecule has 0 aromatic heterocycles. The maximum atomic E-state index is 5.83. The van der Waals surface area contributed by atoms with E-state index in [1.165, 1.54) is 22.3 Å². The zero-order valence-electron chi connectivity index (χ0n) is 17.6. The van der Waals surface area contributed by atoms with E-state index in [4.69, 9.17) is 46.4 Å². The van der Waals surface area contributed by atoms with Crippen LogP contribution in [0, 0.1) is 0 Å². The fourth-order valence-corrected chi connectivity index (χ4v) is 3.69. The molecule has 164 valence electrons. The molecule has 0 heterocycles. The van der Waals surface area contributed by atoms with Crippen LogP contribution in [0.3, 0.4) is 0 Å². The zero-order valence-corrected chi connectivity index (χ0v) is 20.6. The number of rotatable bonds is 6. The standard InChI is InChI=1S/2C14H12Cl2/c2*15-13-7-3-11(4-8-13)1-2-12-5-9-14(16)10-6-12/h2*3-10H,1-2H2. The van der Waals surface area contributed by atoms with Gasteiger partial charge >= 0.3 is 0 Å². The van der Waals surface area contributed by atoms with Crippen molar-refractivity contribution >= 4 is 46.4 Å². The van der Waals surface area contributed by atoms with Crippen LogP contribution in [0.4, 0.5) is 0 Å². The first kappa shape index (κ1) is 24.7. The highest BCUT2D eigenvalue weighted by Gasteiger charge is 1.97. The second kappa shape index (κ2) is 12.9. The molecule has 4 aromatic carbocycles. The molecule has 4 heteroatoms. The van der Waals surface area contributed by atoms with Gasteiger partial charge in [-0.2, -0.15) is 0 Å². The molecule has 0 atom stereocenters. The maximum Gasteiger partial charge on any atom is 0.0406 e. The largest absolute Gasteiger partial charge is 0.0843 e. The topological polar surface area (TPSA) is 0 Å². The van der Waals surface area contributed by atoms with E-state index < -0.39 is 0 Å². The third-order valence-electron chi connectivity index (χ3n) is 5.06. The minimum absolute atomic E-state index is 0.787. The Morgan fingerprint density at radius 1 is 0.281 bits per heavy atom. The van der Waals surface area contributed by atoms with Crippen LogP contribution < -0.4 is 0 Å². The van der Waals surface area contributed by atoms with E-state index in [0.29, 0.717) is 0 Å². The minimum Gasteiger partial charge on any atom is -0.0843 e. The number of halogens is 4. The number of aryl methyl sites for hydroxylation is 4. The molecule has 0 nitrogen and oxygen atoms in total. The molecule has 32 heavy (non-hydrogen) atoms. The molecule has 0 spiro atoms. The van der Waals surface area contributed by atoms with Gasteiger partial charge in [-0.05, 0) is 96.5 Å². The normalized spacial score (nSPS) is 10.4. The van der Waals surface area contributed by atoms with Gasteiger partial charge in [0.2, 0.25) is 0 Å². The van der Waals surface area contributed by atoms with Crippen molar-refractivity contribution in [1.29, 1.82) is 0 Å². The first-order valence-electron chi connectivity index (χ1n) is 10.5. The van der Waals surface area contributed by atoms with E-state index in [9.17, 15) is 0 Å². The van der Waals surface area contributed by atoms with Crippen molar-refractivity contribution in [2.75, 3.05) is 0 Å². The number of hydrogen-bond acceptors (Lipinski definition) is 0. The highest BCUT2D eigenvalue weighted by atomic mass is 35.5. The fourth-order valence-electron chi connectivity index (χ4n) is 3.18. The van der Waals surface area contributed by atoms with Gasteiger partial charge in [0.15, 0.2) is 0 Å². The van der Waals surface area contributed by atoms with E-state index in [1.54, 1.807) is 0 Å². The predicted molar refractivity (Wildman–Crippen MR) is 141 cm³/mol. The van der Waals surface area contributed by atoms with Crippen LogP contribution in [-0.4, -0.2) is 0 Å². The highest BCUT2D eigenvalue weighted by Crippen LogP contribution is 2.15.